The monoisotopic (exact) mass is 400 g/mol. The molecule has 3 rings (SSSR count). The highest BCUT2D eigenvalue weighted by atomic mass is 16.5. The minimum absolute atomic E-state index is 0.274. The van der Waals surface area contributed by atoms with Crippen molar-refractivity contribution in [1.29, 1.82) is 0 Å². The third-order valence-corrected chi connectivity index (χ3v) is 4.18. The number of nitrogens with one attached hydrogen (secondary N) is 2. The Morgan fingerprint density at radius 1 is 0.867 bits per heavy atom. The number of urea groups is 1. The molecule has 30 heavy (non-hydrogen) atoms. The van der Waals surface area contributed by atoms with Gasteiger partial charge in [0.25, 0.3) is 0 Å². The van der Waals surface area contributed by atoms with Gasteiger partial charge in [-0.1, -0.05) is 48.2 Å². The normalized spacial score (nSPS) is 9.90. The summed E-state index contributed by atoms with van der Waals surface area (Å²) >= 11 is 0. The maximum Gasteiger partial charge on any atom is 0.319 e. The molecule has 0 radical (unpaired) electrons. The van der Waals surface area contributed by atoms with Crippen molar-refractivity contribution in [2.24, 2.45) is 0 Å². The van der Waals surface area contributed by atoms with E-state index in [4.69, 9.17) is 9.47 Å². The Balaban J connectivity index is 1.50. The van der Waals surface area contributed by atoms with Crippen molar-refractivity contribution in [2.45, 2.75) is 6.54 Å². The van der Waals surface area contributed by atoms with Gasteiger partial charge in [-0.2, -0.15) is 0 Å². The Kier molecular flexibility index (Phi) is 7.90. The Hall–Kier alpha value is -3.75. The molecule has 0 aromatic heterocycles. The molecule has 0 aliphatic rings. The van der Waals surface area contributed by atoms with E-state index in [-0.39, 0.29) is 6.03 Å². The van der Waals surface area contributed by atoms with Gasteiger partial charge in [0.15, 0.2) is 0 Å². The van der Waals surface area contributed by atoms with Gasteiger partial charge < -0.3 is 20.1 Å². The minimum atomic E-state index is -0.274. The molecule has 0 fully saturated rings. The van der Waals surface area contributed by atoms with Gasteiger partial charge in [0.1, 0.15) is 12.4 Å². The number of hydrogen-bond donors (Lipinski definition) is 2. The zero-order chi connectivity index (χ0) is 21.0. The topological polar surface area (TPSA) is 59.6 Å². The van der Waals surface area contributed by atoms with Crippen LogP contribution in [-0.2, 0) is 11.3 Å². The average molecular weight is 400 g/mol. The van der Waals surface area contributed by atoms with Gasteiger partial charge in [-0.25, -0.2) is 4.79 Å². The lowest BCUT2D eigenvalue weighted by molar-refractivity contribution is 0.146. The van der Waals surface area contributed by atoms with Crippen LogP contribution in [0.3, 0.4) is 0 Å². The second-order valence-corrected chi connectivity index (χ2v) is 6.49. The number of carbonyl (C=O) groups excluding carboxylic acids is 1. The lowest BCUT2D eigenvalue weighted by Crippen LogP contribution is -2.28. The van der Waals surface area contributed by atoms with Gasteiger partial charge in [-0.15, -0.1) is 0 Å². The fourth-order valence-corrected chi connectivity index (χ4v) is 2.64. The summed E-state index contributed by atoms with van der Waals surface area (Å²) in [4.78, 5) is 12.2. The van der Waals surface area contributed by atoms with Crippen LogP contribution in [0.5, 0.6) is 5.75 Å². The molecule has 152 valence electrons. The number of rotatable bonds is 7. The van der Waals surface area contributed by atoms with Crippen LogP contribution in [0.4, 0.5) is 10.5 Å². The number of methoxy groups -OCH3 is 1. The highest BCUT2D eigenvalue weighted by molar-refractivity contribution is 5.89. The van der Waals surface area contributed by atoms with Crippen LogP contribution >= 0.6 is 0 Å². The smallest absolute Gasteiger partial charge is 0.319 e. The standard InChI is InChI=1S/C25H24N2O3/c1-29-16-17-30-24-14-12-22(13-15-24)19-26-25(28)27-23-9-5-8-21(18-23)11-10-20-6-3-2-4-7-20/h2-9,12-15,18H,16-17,19H2,1H3,(H2,26,27,28). The highest BCUT2D eigenvalue weighted by Crippen LogP contribution is 2.13. The predicted octanol–water partition coefficient (Wildman–Crippen LogP) is 4.43. The maximum absolute atomic E-state index is 12.2. The number of ether oxygens (including phenoxy) is 2. The van der Waals surface area contributed by atoms with E-state index >= 15 is 0 Å². The molecular formula is C25H24N2O3. The summed E-state index contributed by atoms with van der Waals surface area (Å²) in [5.41, 5.74) is 3.45. The van der Waals surface area contributed by atoms with Gasteiger partial charge >= 0.3 is 6.03 Å². The van der Waals surface area contributed by atoms with E-state index in [0.717, 1.165) is 22.4 Å². The van der Waals surface area contributed by atoms with Crippen molar-refractivity contribution in [3.63, 3.8) is 0 Å². The molecule has 0 aliphatic heterocycles. The van der Waals surface area contributed by atoms with E-state index in [1.165, 1.54) is 0 Å². The zero-order valence-corrected chi connectivity index (χ0v) is 16.9. The van der Waals surface area contributed by atoms with Crippen LogP contribution in [0.25, 0.3) is 0 Å². The van der Waals surface area contributed by atoms with Crippen LogP contribution in [-0.4, -0.2) is 26.4 Å². The molecule has 0 unspecified atom stereocenters. The number of hydrogen-bond acceptors (Lipinski definition) is 3. The first-order chi connectivity index (χ1) is 14.7. The lowest BCUT2D eigenvalue weighted by Gasteiger charge is -2.09. The minimum Gasteiger partial charge on any atom is -0.491 e. The SMILES string of the molecule is COCCOc1ccc(CNC(=O)Nc2cccc(C#Cc3ccccc3)c2)cc1. The fourth-order valence-electron chi connectivity index (χ4n) is 2.64. The Morgan fingerprint density at radius 3 is 2.37 bits per heavy atom. The maximum atomic E-state index is 12.2. The highest BCUT2D eigenvalue weighted by Gasteiger charge is 2.03. The molecule has 0 atom stereocenters. The van der Waals surface area contributed by atoms with Crippen molar-refractivity contribution in [3.8, 4) is 17.6 Å². The molecular weight excluding hydrogens is 376 g/mol. The second kappa shape index (κ2) is 11.3. The predicted molar refractivity (Wildman–Crippen MR) is 119 cm³/mol. The zero-order valence-electron chi connectivity index (χ0n) is 16.9. The number of benzene rings is 3. The van der Waals surface area contributed by atoms with E-state index < -0.39 is 0 Å². The first kappa shape index (κ1) is 21.0. The van der Waals surface area contributed by atoms with Crippen LogP contribution in [0, 0.1) is 11.8 Å². The molecule has 0 spiro atoms. The van der Waals surface area contributed by atoms with Crippen LogP contribution < -0.4 is 15.4 Å². The molecule has 0 saturated carbocycles. The number of amides is 2. The van der Waals surface area contributed by atoms with Crippen molar-refractivity contribution in [2.75, 3.05) is 25.6 Å². The Morgan fingerprint density at radius 2 is 1.60 bits per heavy atom. The molecule has 0 aliphatic carbocycles. The molecule has 2 amide bonds. The third kappa shape index (κ3) is 7.01. The molecule has 0 heterocycles. The van der Waals surface area contributed by atoms with Crippen LogP contribution in [0.2, 0.25) is 0 Å². The van der Waals surface area contributed by atoms with E-state index in [1.54, 1.807) is 7.11 Å². The summed E-state index contributed by atoms with van der Waals surface area (Å²) in [5.74, 6) is 7.00. The average Bonchev–Trinajstić information content (AvgIpc) is 2.78. The van der Waals surface area contributed by atoms with Crippen molar-refractivity contribution < 1.29 is 14.3 Å². The van der Waals surface area contributed by atoms with Crippen molar-refractivity contribution in [3.05, 3.63) is 95.6 Å². The summed E-state index contributed by atoms with van der Waals surface area (Å²) in [5, 5.41) is 5.69. The molecule has 5 nitrogen and oxygen atoms in total. The van der Waals surface area contributed by atoms with Crippen LogP contribution in [0.15, 0.2) is 78.9 Å². The van der Waals surface area contributed by atoms with E-state index in [1.807, 2.05) is 78.9 Å². The van der Waals surface area contributed by atoms with E-state index in [0.29, 0.717) is 25.4 Å². The number of carbonyl (C=O) groups is 1. The van der Waals surface area contributed by atoms with Gasteiger partial charge in [0, 0.05) is 30.5 Å². The summed E-state index contributed by atoms with van der Waals surface area (Å²) in [7, 11) is 1.64. The fraction of sp³-hybridized carbons (Fsp3) is 0.160. The summed E-state index contributed by atoms with van der Waals surface area (Å²) < 4.78 is 10.5. The quantitative estimate of drug-likeness (QED) is 0.456. The first-order valence-electron chi connectivity index (χ1n) is 9.65. The molecule has 3 aromatic rings. The van der Waals surface area contributed by atoms with Crippen LogP contribution in [0.1, 0.15) is 16.7 Å². The summed E-state index contributed by atoms with van der Waals surface area (Å²) in [6, 6.07) is 24.6. The molecule has 0 bridgehead atoms. The van der Waals surface area contributed by atoms with Crippen molar-refractivity contribution >= 4 is 11.7 Å². The third-order valence-electron chi connectivity index (χ3n) is 4.18. The van der Waals surface area contributed by atoms with Gasteiger partial charge in [-0.3, -0.25) is 0 Å². The lowest BCUT2D eigenvalue weighted by atomic mass is 10.1. The molecule has 2 N–H and O–H groups in total. The van der Waals surface area contributed by atoms with E-state index in [9.17, 15) is 4.79 Å². The Labute approximate surface area is 177 Å². The number of anilines is 1. The summed E-state index contributed by atoms with van der Waals surface area (Å²) in [6.45, 7) is 1.46. The van der Waals surface area contributed by atoms with E-state index in [2.05, 4.69) is 22.5 Å². The Bertz CT molecular complexity index is 1010. The first-order valence-corrected chi connectivity index (χ1v) is 9.65. The van der Waals surface area contributed by atoms with Crippen molar-refractivity contribution in [1.82, 2.24) is 5.32 Å². The second-order valence-electron chi connectivity index (χ2n) is 6.49. The van der Waals surface area contributed by atoms with Gasteiger partial charge in [-0.05, 0) is 48.0 Å². The largest absolute Gasteiger partial charge is 0.491 e. The molecule has 3 aromatic carbocycles. The van der Waals surface area contributed by atoms with Gasteiger partial charge in [0.05, 0.1) is 6.61 Å². The van der Waals surface area contributed by atoms with Gasteiger partial charge in [0.2, 0.25) is 0 Å². The summed E-state index contributed by atoms with van der Waals surface area (Å²) in [6.07, 6.45) is 0. The molecule has 0 saturated heterocycles. The molecule has 5 heteroatoms.